The van der Waals surface area contributed by atoms with Crippen molar-refractivity contribution in [1.29, 1.82) is 0 Å². The molecule has 170 valence electrons. The molecule has 0 heterocycles. The second kappa shape index (κ2) is 11.4. The summed E-state index contributed by atoms with van der Waals surface area (Å²) in [5.74, 6) is -0.101. The SMILES string of the molecule is CCOc1ccccc1C(=O)N/N=C\c1ccc(OC(=O)c2ccc(Cl)cc2Cl)c(OC)c1. The molecule has 3 rings (SSSR count). The Kier molecular flexibility index (Phi) is 8.29. The number of carbonyl (C=O) groups is 2. The molecule has 0 atom stereocenters. The number of ether oxygens (including phenoxy) is 3. The summed E-state index contributed by atoms with van der Waals surface area (Å²) in [4.78, 5) is 24.9. The fourth-order valence-electron chi connectivity index (χ4n) is 2.82. The fraction of sp³-hybridized carbons (Fsp3) is 0.125. The van der Waals surface area contributed by atoms with Crippen LogP contribution in [0, 0.1) is 0 Å². The lowest BCUT2D eigenvalue weighted by Crippen LogP contribution is -2.18. The van der Waals surface area contributed by atoms with Crippen molar-refractivity contribution in [2.45, 2.75) is 6.92 Å². The number of hydrazone groups is 1. The first-order valence-electron chi connectivity index (χ1n) is 9.83. The Balaban J connectivity index is 1.70. The Morgan fingerprint density at radius 3 is 2.48 bits per heavy atom. The van der Waals surface area contributed by atoms with Gasteiger partial charge < -0.3 is 14.2 Å². The molecule has 0 aliphatic rings. The lowest BCUT2D eigenvalue weighted by molar-refractivity contribution is 0.0729. The van der Waals surface area contributed by atoms with Crippen molar-refractivity contribution < 1.29 is 23.8 Å². The number of amides is 1. The molecule has 0 fully saturated rings. The third-order valence-corrected chi connectivity index (χ3v) is 4.90. The predicted molar refractivity (Wildman–Crippen MR) is 127 cm³/mol. The number of hydrogen-bond donors (Lipinski definition) is 1. The molecule has 0 saturated carbocycles. The third-order valence-electron chi connectivity index (χ3n) is 4.35. The number of benzene rings is 3. The highest BCUT2D eigenvalue weighted by Crippen LogP contribution is 2.30. The van der Waals surface area contributed by atoms with Crippen molar-refractivity contribution in [3.63, 3.8) is 0 Å². The van der Waals surface area contributed by atoms with Crippen LogP contribution in [0.2, 0.25) is 10.0 Å². The van der Waals surface area contributed by atoms with E-state index in [9.17, 15) is 9.59 Å². The Labute approximate surface area is 200 Å². The predicted octanol–water partition coefficient (Wildman–Crippen LogP) is 5.38. The van der Waals surface area contributed by atoms with E-state index in [1.54, 1.807) is 48.5 Å². The second-order valence-electron chi connectivity index (χ2n) is 6.55. The van der Waals surface area contributed by atoms with Gasteiger partial charge in [0.05, 0.1) is 36.1 Å². The monoisotopic (exact) mass is 486 g/mol. The van der Waals surface area contributed by atoms with Crippen molar-refractivity contribution in [2.75, 3.05) is 13.7 Å². The molecule has 1 N–H and O–H groups in total. The van der Waals surface area contributed by atoms with E-state index < -0.39 is 11.9 Å². The van der Waals surface area contributed by atoms with Gasteiger partial charge in [-0.1, -0.05) is 35.3 Å². The smallest absolute Gasteiger partial charge is 0.345 e. The van der Waals surface area contributed by atoms with E-state index >= 15 is 0 Å². The minimum Gasteiger partial charge on any atom is -0.493 e. The quantitative estimate of drug-likeness (QED) is 0.200. The Morgan fingerprint density at radius 2 is 1.76 bits per heavy atom. The molecule has 0 bridgehead atoms. The van der Waals surface area contributed by atoms with Crippen LogP contribution >= 0.6 is 23.2 Å². The maximum absolute atomic E-state index is 12.5. The van der Waals surface area contributed by atoms with Gasteiger partial charge in [-0.15, -0.1) is 0 Å². The van der Waals surface area contributed by atoms with Crippen LogP contribution in [-0.4, -0.2) is 31.8 Å². The summed E-state index contributed by atoms with van der Waals surface area (Å²) in [5.41, 5.74) is 3.61. The number of esters is 1. The summed E-state index contributed by atoms with van der Waals surface area (Å²) in [5, 5.41) is 4.57. The minimum atomic E-state index is -0.656. The molecule has 1 amide bonds. The molecule has 3 aromatic rings. The van der Waals surface area contributed by atoms with Crippen LogP contribution < -0.4 is 19.6 Å². The summed E-state index contributed by atoms with van der Waals surface area (Å²) in [6, 6.07) is 16.2. The summed E-state index contributed by atoms with van der Waals surface area (Å²) < 4.78 is 16.2. The molecule has 0 unspecified atom stereocenters. The van der Waals surface area contributed by atoms with Gasteiger partial charge in [0.2, 0.25) is 0 Å². The average molecular weight is 487 g/mol. The zero-order chi connectivity index (χ0) is 23.8. The highest BCUT2D eigenvalue weighted by atomic mass is 35.5. The van der Waals surface area contributed by atoms with Crippen LogP contribution in [0.5, 0.6) is 17.2 Å². The maximum atomic E-state index is 12.5. The van der Waals surface area contributed by atoms with Crippen molar-refractivity contribution in [1.82, 2.24) is 5.43 Å². The number of carbonyl (C=O) groups excluding carboxylic acids is 2. The number of nitrogens with zero attached hydrogens (tertiary/aromatic N) is 1. The van der Waals surface area contributed by atoms with E-state index in [4.69, 9.17) is 37.4 Å². The molecule has 0 aromatic heterocycles. The first-order chi connectivity index (χ1) is 15.9. The van der Waals surface area contributed by atoms with Crippen LogP contribution in [0.15, 0.2) is 65.8 Å². The number of halogens is 2. The Bertz CT molecular complexity index is 1200. The molecule has 0 saturated heterocycles. The molecule has 3 aromatic carbocycles. The Hall–Kier alpha value is -3.55. The minimum absolute atomic E-state index is 0.170. The van der Waals surface area contributed by atoms with Crippen LogP contribution in [0.25, 0.3) is 0 Å². The number of methoxy groups -OCH3 is 1. The second-order valence-corrected chi connectivity index (χ2v) is 7.40. The first kappa shape index (κ1) is 24.1. The molecule has 33 heavy (non-hydrogen) atoms. The standard InChI is InChI=1S/C24H20Cl2N2O5/c1-3-32-20-7-5-4-6-18(20)23(29)28-27-14-15-8-11-21(22(12-15)31-2)33-24(30)17-10-9-16(25)13-19(17)26/h4-14H,3H2,1-2H3,(H,28,29)/b27-14-. The topological polar surface area (TPSA) is 86.2 Å². The van der Waals surface area contributed by atoms with Gasteiger partial charge in [0.15, 0.2) is 11.5 Å². The lowest BCUT2D eigenvalue weighted by atomic mass is 10.2. The number of para-hydroxylation sites is 1. The molecule has 0 aliphatic carbocycles. The van der Waals surface area contributed by atoms with Crippen molar-refractivity contribution in [3.05, 3.63) is 87.4 Å². The normalized spacial score (nSPS) is 10.7. The highest BCUT2D eigenvalue weighted by molar-refractivity contribution is 6.36. The summed E-state index contributed by atoms with van der Waals surface area (Å²) in [6.07, 6.45) is 1.44. The highest BCUT2D eigenvalue weighted by Gasteiger charge is 2.16. The molecule has 0 radical (unpaired) electrons. The van der Waals surface area contributed by atoms with Crippen LogP contribution in [-0.2, 0) is 0 Å². The van der Waals surface area contributed by atoms with Crippen LogP contribution in [0.1, 0.15) is 33.2 Å². The van der Waals surface area contributed by atoms with Gasteiger partial charge in [-0.2, -0.15) is 5.10 Å². The van der Waals surface area contributed by atoms with Crippen molar-refractivity contribution in [2.24, 2.45) is 5.10 Å². The van der Waals surface area contributed by atoms with Crippen molar-refractivity contribution in [3.8, 4) is 17.2 Å². The fourth-order valence-corrected chi connectivity index (χ4v) is 3.31. The molecule has 0 spiro atoms. The molecule has 9 heteroatoms. The lowest BCUT2D eigenvalue weighted by Gasteiger charge is -2.11. The average Bonchev–Trinajstić information content (AvgIpc) is 2.80. The summed E-state index contributed by atoms with van der Waals surface area (Å²) in [6.45, 7) is 2.28. The largest absolute Gasteiger partial charge is 0.493 e. The molecule has 7 nitrogen and oxygen atoms in total. The van der Waals surface area contributed by atoms with E-state index in [1.165, 1.54) is 25.5 Å². The van der Waals surface area contributed by atoms with Gasteiger partial charge in [-0.25, -0.2) is 10.2 Å². The van der Waals surface area contributed by atoms with Crippen LogP contribution in [0.3, 0.4) is 0 Å². The number of hydrogen-bond acceptors (Lipinski definition) is 6. The molecular weight excluding hydrogens is 467 g/mol. The number of nitrogens with one attached hydrogen (secondary N) is 1. The molecular formula is C24H20Cl2N2O5. The van der Waals surface area contributed by atoms with E-state index in [0.717, 1.165) is 0 Å². The molecule has 0 aliphatic heterocycles. The van der Waals surface area contributed by atoms with Gasteiger partial charge in [0.1, 0.15) is 5.75 Å². The number of rotatable bonds is 8. The van der Waals surface area contributed by atoms with E-state index in [2.05, 4.69) is 10.5 Å². The summed E-state index contributed by atoms with van der Waals surface area (Å²) in [7, 11) is 1.44. The maximum Gasteiger partial charge on any atom is 0.345 e. The van der Waals surface area contributed by atoms with E-state index in [1.807, 2.05) is 6.92 Å². The van der Waals surface area contributed by atoms with Crippen LogP contribution in [0.4, 0.5) is 0 Å². The van der Waals surface area contributed by atoms with Gasteiger partial charge in [0.25, 0.3) is 5.91 Å². The van der Waals surface area contributed by atoms with Crippen molar-refractivity contribution >= 4 is 41.3 Å². The van der Waals surface area contributed by atoms with Gasteiger partial charge >= 0.3 is 5.97 Å². The first-order valence-corrected chi connectivity index (χ1v) is 10.6. The van der Waals surface area contributed by atoms with Gasteiger partial charge in [-0.05, 0) is 61.0 Å². The van der Waals surface area contributed by atoms with Gasteiger partial charge in [0, 0.05) is 5.02 Å². The zero-order valence-electron chi connectivity index (χ0n) is 17.8. The van der Waals surface area contributed by atoms with E-state index in [-0.39, 0.29) is 16.3 Å². The Morgan fingerprint density at radius 1 is 0.970 bits per heavy atom. The van der Waals surface area contributed by atoms with E-state index in [0.29, 0.717) is 34.3 Å². The summed E-state index contributed by atoms with van der Waals surface area (Å²) >= 11 is 11.9. The zero-order valence-corrected chi connectivity index (χ0v) is 19.3. The van der Waals surface area contributed by atoms with Gasteiger partial charge in [-0.3, -0.25) is 4.79 Å². The third kappa shape index (κ3) is 6.25.